The average Bonchev–Trinajstić information content (AvgIpc) is 3.15. The molecule has 1 N–H and O–H groups in total. The predicted octanol–water partition coefficient (Wildman–Crippen LogP) is 2.43. The SMILES string of the molecule is O=C(NCC1CCN(C(=O)c2ccncc2)CC1)c1cccs1. The molecule has 0 aliphatic carbocycles. The molecule has 1 saturated heterocycles. The molecule has 5 nitrogen and oxygen atoms in total. The number of likely N-dealkylation sites (tertiary alicyclic amines) is 1. The van der Waals surface area contributed by atoms with E-state index in [1.165, 1.54) is 11.3 Å². The van der Waals surface area contributed by atoms with Crippen LogP contribution in [0.15, 0.2) is 42.0 Å². The van der Waals surface area contributed by atoms with Crippen molar-refractivity contribution in [2.45, 2.75) is 12.8 Å². The normalized spacial score (nSPS) is 15.4. The summed E-state index contributed by atoms with van der Waals surface area (Å²) >= 11 is 1.45. The van der Waals surface area contributed by atoms with Gasteiger partial charge in [-0.1, -0.05) is 6.07 Å². The summed E-state index contributed by atoms with van der Waals surface area (Å²) in [5, 5.41) is 4.89. The third-order valence-electron chi connectivity index (χ3n) is 4.13. The Morgan fingerprint density at radius 3 is 2.61 bits per heavy atom. The molecule has 0 spiro atoms. The Balaban J connectivity index is 1.45. The number of piperidine rings is 1. The number of carbonyl (C=O) groups excluding carboxylic acids is 2. The van der Waals surface area contributed by atoms with Crippen LogP contribution >= 0.6 is 11.3 Å². The highest BCUT2D eigenvalue weighted by molar-refractivity contribution is 7.12. The zero-order valence-corrected chi connectivity index (χ0v) is 13.6. The van der Waals surface area contributed by atoms with Crippen molar-refractivity contribution in [3.63, 3.8) is 0 Å². The van der Waals surface area contributed by atoms with Crippen molar-refractivity contribution in [1.29, 1.82) is 0 Å². The number of hydrogen-bond acceptors (Lipinski definition) is 4. The Bertz CT molecular complexity index is 650. The molecule has 1 aliphatic rings. The van der Waals surface area contributed by atoms with E-state index in [0.29, 0.717) is 18.0 Å². The minimum atomic E-state index is -0.00436. The lowest BCUT2D eigenvalue weighted by atomic mass is 9.96. The third kappa shape index (κ3) is 3.96. The molecule has 1 aliphatic heterocycles. The van der Waals surface area contributed by atoms with Gasteiger partial charge in [-0.15, -0.1) is 11.3 Å². The number of rotatable bonds is 4. The fourth-order valence-corrected chi connectivity index (χ4v) is 3.39. The number of amides is 2. The van der Waals surface area contributed by atoms with Gasteiger partial charge in [0.1, 0.15) is 0 Å². The Kier molecular flexibility index (Phi) is 5.02. The molecule has 3 heterocycles. The highest BCUT2D eigenvalue weighted by atomic mass is 32.1. The van der Waals surface area contributed by atoms with Crippen molar-refractivity contribution in [2.24, 2.45) is 5.92 Å². The second-order valence-corrected chi connectivity index (χ2v) is 6.61. The van der Waals surface area contributed by atoms with Gasteiger partial charge in [0.15, 0.2) is 0 Å². The molecule has 0 aromatic carbocycles. The first kappa shape index (κ1) is 15.7. The number of thiophene rings is 1. The lowest BCUT2D eigenvalue weighted by molar-refractivity contribution is 0.0684. The maximum atomic E-state index is 12.4. The van der Waals surface area contributed by atoms with E-state index in [2.05, 4.69) is 10.3 Å². The molecule has 0 unspecified atom stereocenters. The standard InChI is InChI=1S/C17H19N3O2S/c21-16(15-2-1-11-23-15)19-12-13-5-9-20(10-6-13)17(22)14-3-7-18-8-4-14/h1-4,7-8,11,13H,5-6,9-10,12H2,(H,19,21). The lowest BCUT2D eigenvalue weighted by Gasteiger charge is -2.32. The summed E-state index contributed by atoms with van der Waals surface area (Å²) in [6.45, 7) is 2.15. The van der Waals surface area contributed by atoms with Crippen LogP contribution in [0.3, 0.4) is 0 Å². The summed E-state index contributed by atoms with van der Waals surface area (Å²) in [6.07, 6.45) is 5.11. The highest BCUT2D eigenvalue weighted by Crippen LogP contribution is 2.18. The molecular weight excluding hydrogens is 310 g/mol. The summed E-state index contributed by atoms with van der Waals surface area (Å²) in [5.74, 6) is 0.490. The molecule has 0 bridgehead atoms. The second kappa shape index (κ2) is 7.37. The number of carbonyl (C=O) groups is 2. The highest BCUT2D eigenvalue weighted by Gasteiger charge is 2.24. The molecule has 6 heteroatoms. The Labute approximate surface area is 139 Å². The van der Waals surface area contributed by atoms with Crippen LogP contribution in [-0.4, -0.2) is 41.3 Å². The first-order chi connectivity index (χ1) is 11.2. The van der Waals surface area contributed by atoms with E-state index >= 15 is 0 Å². The van der Waals surface area contributed by atoms with Crippen molar-refractivity contribution in [3.8, 4) is 0 Å². The second-order valence-electron chi connectivity index (χ2n) is 5.66. The molecule has 0 saturated carbocycles. The zero-order valence-electron chi connectivity index (χ0n) is 12.8. The van der Waals surface area contributed by atoms with Crippen LogP contribution in [0.2, 0.25) is 0 Å². The fraction of sp³-hybridized carbons (Fsp3) is 0.353. The number of nitrogens with zero attached hydrogens (tertiary/aromatic N) is 2. The predicted molar refractivity (Wildman–Crippen MR) is 89.5 cm³/mol. The molecule has 23 heavy (non-hydrogen) atoms. The molecule has 2 amide bonds. The lowest BCUT2D eigenvalue weighted by Crippen LogP contribution is -2.41. The average molecular weight is 329 g/mol. The van der Waals surface area contributed by atoms with Crippen LogP contribution < -0.4 is 5.32 Å². The minimum Gasteiger partial charge on any atom is -0.351 e. The summed E-state index contributed by atoms with van der Waals surface area (Å²) in [5.41, 5.74) is 0.685. The van der Waals surface area contributed by atoms with E-state index in [9.17, 15) is 9.59 Å². The molecule has 0 radical (unpaired) electrons. The minimum absolute atomic E-state index is 0.00436. The van der Waals surface area contributed by atoms with E-state index < -0.39 is 0 Å². The van der Waals surface area contributed by atoms with Gasteiger partial charge in [-0.3, -0.25) is 14.6 Å². The van der Waals surface area contributed by atoms with E-state index in [4.69, 9.17) is 0 Å². The smallest absolute Gasteiger partial charge is 0.261 e. The van der Waals surface area contributed by atoms with Crippen molar-refractivity contribution in [3.05, 3.63) is 52.5 Å². The van der Waals surface area contributed by atoms with Gasteiger partial charge >= 0.3 is 0 Å². The van der Waals surface area contributed by atoms with Crippen LogP contribution in [-0.2, 0) is 0 Å². The maximum absolute atomic E-state index is 12.4. The van der Waals surface area contributed by atoms with Gasteiger partial charge in [-0.2, -0.15) is 0 Å². The summed E-state index contributed by atoms with van der Waals surface area (Å²) < 4.78 is 0. The van der Waals surface area contributed by atoms with E-state index in [1.807, 2.05) is 22.4 Å². The topological polar surface area (TPSA) is 62.3 Å². The van der Waals surface area contributed by atoms with Gasteiger partial charge in [0.25, 0.3) is 11.8 Å². The number of hydrogen-bond donors (Lipinski definition) is 1. The molecular formula is C17H19N3O2S. The van der Waals surface area contributed by atoms with Crippen LogP contribution in [0.5, 0.6) is 0 Å². The van der Waals surface area contributed by atoms with Crippen LogP contribution in [0, 0.1) is 5.92 Å². The number of nitrogens with one attached hydrogen (secondary N) is 1. The van der Waals surface area contributed by atoms with Gasteiger partial charge in [-0.25, -0.2) is 0 Å². The van der Waals surface area contributed by atoms with E-state index in [0.717, 1.165) is 30.8 Å². The van der Waals surface area contributed by atoms with Crippen molar-refractivity contribution in [2.75, 3.05) is 19.6 Å². The van der Waals surface area contributed by atoms with Crippen molar-refractivity contribution in [1.82, 2.24) is 15.2 Å². The van der Waals surface area contributed by atoms with Crippen LogP contribution in [0.4, 0.5) is 0 Å². The number of aromatic nitrogens is 1. The zero-order chi connectivity index (χ0) is 16.1. The van der Waals surface area contributed by atoms with Gasteiger partial charge in [0, 0.05) is 37.6 Å². The Hall–Kier alpha value is -2.21. The Morgan fingerprint density at radius 1 is 1.22 bits per heavy atom. The number of pyridine rings is 1. The maximum Gasteiger partial charge on any atom is 0.261 e. The first-order valence-corrected chi connectivity index (χ1v) is 8.63. The molecule has 120 valence electrons. The molecule has 3 rings (SSSR count). The Morgan fingerprint density at radius 2 is 1.96 bits per heavy atom. The summed E-state index contributed by atoms with van der Waals surface area (Å²) in [4.78, 5) is 30.9. The molecule has 2 aromatic rings. The largest absolute Gasteiger partial charge is 0.351 e. The van der Waals surface area contributed by atoms with Crippen LogP contribution in [0.1, 0.15) is 32.9 Å². The monoisotopic (exact) mass is 329 g/mol. The quantitative estimate of drug-likeness (QED) is 0.937. The summed E-state index contributed by atoms with van der Waals surface area (Å²) in [7, 11) is 0. The van der Waals surface area contributed by atoms with Crippen LogP contribution in [0.25, 0.3) is 0 Å². The van der Waals surface area contributed by atoms with Gasteiger partial charge in [-0.05, 0) is 42.3 Å². The first-order valence-electron chi connectivity index (χ1n) is 7.75. The van der Waals surface area contributed by atoms with Gasteiger partial charge in [0.05, 0.1) is 4.88 Å². The van der Waals surface area contributed by atoms with Crippen molar-refractivity contribution >= 4 is 23.2 Å². The fourth-order valence-electron chi connectivity index (χ4n) is 2.75. The molecule has 0 atom stereocenters. The summed E-state index contributed by atoms with van der Waals surface area (Å²) in [6, 6.07) is 7.20. The molecule has 1 fully saturated rings. The van der Waals surface area contributed by atoms with E-state index in [1.54, 1.807) is 24.5 Å². The van der Waals surface area contributed by atoms with Gasteiger partial charge < -0.3 is 10.2 Å². The van der Waals surface area contributed by atoms with Crippen molar-refractivity contribution < 1.29 is 9.59 Å². The van der Waals surface area contributed by atoms with E-state index in [-0.39, 0.29) is 11.8 Å². The molecule has 2 aromatic heterocycles. The third-order valence-corrected chi connectivity index (χ3v) is 4.99. The van der Waals surface area contributed by atoms with Gasteiger partial charge in [0.2, 0.25) is 0 Å².